The van der Waals surface area contributed by atoms with Gasteiger partial charge in [-0.05, 0) is 42.3 Å². The lowest BCUT2D eigenvalue weighted by atomic mass is 10.1. The fourth-order valence-electron chi connectivity index (χ4n) is 1.85. The summed E-state index contributed by atoms with van der Waals surface area (Å²) >= 11 is 0. The zero-order chi connectivity index (χ0) is 12.1. The van der Waals surface area contributed by atoms with E-state index in [1.165, 1.54) is 5.56 Å². The maximum atomic E-state index is 8.83. The molecule has 0 saturated heterocycles. The van der Waals surface area contributed by atoms with Crippen molar-refractivity contribution in [2.24, 2.45) is 5.73 Å². The molecule has 0 radical (unpaired) electrons. The Bertz CT molecular complexity index is 534. The summed E-state index contributed by atoms with van der Waals surface area (Å²) in [6.07, 6.45) is 5.06. The Hall–Kier alpha value is -2.05. The molecule has 0 unspecified atom stereocenters. The van der Waals surface area contributed by atoms with E-state index in [1.54, 1.807) is 0 Å². The fraction of sp³-hybridized carbons (Fsp3) is 0.214. The third kappa shape index (κ3) is 2.96. The van der Waals surface area contributed by atoms with E-state index in [9.17, 15) is 0 Å². The summed E-state index contributed by atoms with van der Waals surface area (Å²) in [6.45, 7) is 1.47. The largest absolute Gasteiger partial charge is 0.350 e. The molecular weight excluding hydrogens is 210 g/mol. The van der Waals surface area contributed by atoms with Gasteiger partial charge in [-0.2, -0.15) is 5.26 Å². The molecule has 0 aliphatic heterocycles. The molecule has 0 atom stereocenters. The predicted molar refractivity (Wildman–Crippen MR) is 67.4 cm³/mol. The highest BCUT2D eigenvalue weighted by molar-refractivity contribution is 5.33. The molecule has 0 fully saturated rings. The number of nitriles is 1. The van der Waals surface area contributed by atoms with Gasteiger partial charge in [0, 0.05) is 18.9 Å². The monoisotopic (exact) mass is 225 g/mol. The molecule has 2 aromatic rings. The summed E-state index contributed by atoms with van der Waals surface area (Å²) in [4.78, 5) is 0. The van der Waals surface area contributed by atoms with E-state index in [2.05, 4.69) is 22.9 Å². The Balaban J connectivity index is 2.11. The van der Waals surface area contributed by atoms with Crippen molar-refractivity contribution in [2.45, 2.75) is 13.0 Å². The van der Waals surface area contributed by atoms with E-state index < -0.39 is 0 Å². The van der Waals surface area contributed by atoms with Crippen LogP contribution in [0.5, 0.6) is 0 Å². The van der Waals surface area contributed by atoms with Crippen LogP contribution < -0.4 is 5.73 Å². The highest BCUT2D eigenvalue weighted by atomic mass is 14.9. The number of hydrogen-bond acceptors (Lipinski definition) is 2. The van der Waals surface area contributed by atoms with Gasteiger partial charge in [0.05, 0.1) is 11.6 Å². The molecule has 0 aliphatic rings. The highest BCUT2D eigenvalue weighted by Gasteiger charge is 1.99. The third-order valence-electron chi connectivity index (χ3n) is 2.67. The molecule has 1 heterocycles. The topological polar surface area (TPSA) is 54.7 Å². The van der Waals surface area contributed by atoms with E-state index in [1.807, 2.05) is 30.5 Å². The van der Waals surface area contributed by atoms with Gasteiger partial charge in [0.2, 0.25) is 0 Å². The molecule has 1 aromatic carbocycles. The van der Waals surface area contributed by atoms with E-state index in [-0.39, 0.29) is 0 Å². The molecule has 3 nitrogen and oxygen atoms in total. The number of nitrogens with zero attached hydrogens (tertiary/aromatic N) is 2. The highest BCUT2D eigenvalue weighted by Crippen LogP contribution is 2.08. The van der Waals surface area contributed by atoms with Crippen LogP contribution in [0, 0.1) is 11.3 Å². The zero-order valence-corrected chi connectivity index (χ0v) is 9.63. The van der Waals surface area contributed by atoms with Crippen molar-refractivity contribution in [3.05, 3.63) is 59.4 Å². The first-order valence-corrected chi connectivity index (χ1v) is 5.65. The lowest BCUT2D eigenvalue weighted by Crippen LogP contribution is -2.02. The summed E-state index contributed by atoms with van der Waals surface area (Å²) in [7, 11) is 0. The predicted octanol–water partition coefficient (Wildman–Crippen LogP) is 1.91. The van der Waals surface area contributed by atoms with Crippen LogP contribution in [0.2, 0.25) is 0 Å². The summed E-state index contributed by atoms with van der Waals surface area (Å²) in [5, 5.41) is 8.83. The summed E-state index contributed by atoms with van der Waals surface area (Å²) in [5.74, 6) is 0. The Morgan fingerprint density at radius 1 is 1.24 bits per heavy atom. The van der Waals surface area contributed by atoms with Gasteiger partial charge in [-0.1, -0.05) is 12.1 Å². The van der Waals surface area contributed by atoms with Crippen molar-refractivity contribution in [3.63, 3.8) is 0 Å². The van der Waals surface area contributed by atoms with Gasteiger partial charge in [-0.3, -0.25) is 0 Å². The van der Waals surface area contributed by atoms with Crippen molar-refractivity contribution in [3.8, 4) is 6.07 Å². The van der Waals surface area contributed by atoms with E-state index >= 15 is 0 Å². The zero-order valence-electron chi connectivity index (χ0n) is 9.63. The third-order valence-corrected chi connectivity index (χ3v) is 2.67. The van der Waals surface area contributed by atoms with Crippen LogP contribution in [0.4, 0.5) is 0 Å². The van der Waals surface area contributed by atoms with E-state index in [4.69, 9.17) is 11.0 Å². The van der Waals surface area contributed by atoms with E-state index in [0.717, 1.165) is 18.5 Å². The maximum absolute atomic E-state index is 8.83. The first-order valence-electron chi connectivity index (χ1n) is 5.65. The van der Waals surface area contributed by atoms with Gasteiger partial charge < -0.3 is 10.3 Å². The van der Waals surface area contributed by atoms with Crippen molar-refractivity contribution in [1.82, 2.24) is 4.57 Å². The lowest BCUT2D eigenvalue weighted by Gasteiger charge is -2.03. The summed E-state index contributed by atoms with van der Waals surface area (Å²) in [5.41, 5.74) is 8.61. The summed E-state index contributed by atoms with van der Waals surface area (Å²) < 4.78 is 2.11. The first-order chi connectivity index (χ1) is 8.31. The molecule has 2 rings (SSSR count). The van der Waals surface area contributed by atoms with Crippen LogP contribution in [0.15, 0.2) is 42.7 Å². The minimum Gasteiger partial charge on any atom is -0.350 e. The van der Waals surface area contributed by atoms with Crippen molar-refractivity contribution in [1.29, 1.82) is 5.26 Å². The Kier molecular flexibility index (Phi) is 3.59. The molecule has 0 bridgehead atoms. The van der Waals surface area contributed by atoms with Crippen molar-refractivity contribution >= 4 is 0 Å². The lowest BCUT2D eigenvalue weighted by molar-refractivity contribution is 0.800. The second kappa shape index (κ2) is 5.33. The maximum Gasteiger partial charge on any atom is 0.0991 e. The van der Waals surface area contributed by atoms with Crippen LogP contribution in [0.3, 0.4) is 0 Å². The number of nitrogens with two attached hydrogens (primary N) is 1. The first kappa shape index (κ1) is 11.4. The molecule has 0 spiro atoms. The smallest absolute Gasteiger partial charge is 0.0991 e. The van der Waals surface area contributed by atoms with Crippen LogP contribution in [0.25, 0.3) is 0 Å². The molecule has 17 heavy (non-hydrogen) atoms. The van der Waals surface area contributed by atoms with Gasteiger partial charge >= 0.3 is 0 Å². The van der Waals surface area contributed by atoms with Crippen LogP contribution in [-0.4, -0.2) is 11.1 Å². The second-order valence-corrected chi connectivity index (χ2v) is 4.04. The average molecular weight is 225 g/mol. The van der Waals surface area contributed by atoms with E-state index in [0.29, 0.717) is 12.1 Å². The minimum absolute atomic E-state index is 0.675. The van der Waals surface area contributed by atoms with Gasteiger partial charge in [0.25, 0.3) is 0 Å². The fourth-order valence-corrected chi connectivity index (χ4v) is 1.85. The molecule has 0 saturated carbocycles. The molecule has 2 N–H and O–H groups in total. The standard InChI is InChI=1S/C14H15N3/c15-6-4-12-5-7-17(10-12)11-14-3-1-2-13(8-14)9-16/h1-3,5,7-8,10H,4,6,11,15H2. The molecule has 86 valence electrons. The quantitative estimate of drug-likeness (QED) is 0.864. The molecule has 0 amide bonds. The van der Waals surface area contributed by atoms with Crippen LogP contribution in [0.1, 0.15) is 16.7 Å². The molecular formula is C14H15N3. The molecule has 0 aliphatic carbocycles. The van der Waals surface area contributed by atoms with Gasteiger partial charge in [0.15, 0.2) is 0 Å². The summed E-state index contributed by atoms with van der Waals surface area (Å²) in [6, 6.07) is 11.9. The minimum atomic E-state index is 0.675. The van der Waals surface area contributed by atoms with Gasteiger partial charge in [-0.15, -0.1) is 0 Å². The van der Waals surface area contributed by atoms with Gasteiger partial charge in [-0.25, -0.2) is 0 Å². The Morgan fingerprint density at radius 2 is 2.12 bits per heavy atom. The Morgan fingerprint density at radius 3 is 2.88 bits per heavy atom. The second-order valence-electron chi connectivity index (χ2n) is 4.04. The average Bonchev–Trinajstić information content (AvgIpc) is 2.77. The Labute approximate surface area is 101 Å². The van der Waals surface area contributed by atoms with Crippen molar-refractivity contribution in [2.75, 3.05) is 6.54 Å². The number of hydrogen-bond donors (Lipinski definition) is 1. The SMILES string of the molecule is N#Cc1cccc(Cn2ccc(CCN)c2)c1. The number of rotatable bonds is 4. The molecule has 1 aromatic heterocycles. The van der Waals surface area contributed by atoms with Crippen molar-refractivity contribution < 1.29 is 0 Å². The molecule has 3 heteroatoms. The van der Waals surface area contributed by atoms with Crippen LogP contribution in [-0.2, 0) is 13.0 Å². The number of benzene rings is 1. The van der Waals surface area contributed by atoms with Crippen LogP contribution >= 0.6 is 0 Å². The van der Waals surface area contributed by atoms with Gasteiger partial charge in [0.1, 0.15) is 0 Å². The normalized spacial score (nSPS) is 10.1. The number of aromatic nitrogens is 1.